The van der Waals surface area contributed by atoms with Crippen molar-refractivity contribution >= 4 is 11.6 Å². The zero-order valence-electron chi connectivity index (χ0n) is 11.1. The molecule has 0 fully saturated rings. The van der Waals surface area contributed by atoms with E-state index >= 15 is 0 Å². The highest BCUT2D eigenvalue weighted by Crippen LogP contribution is 2.31. The molecule has 0 spiro atoms. The molecule has 2 nitrogen and oxygen atoms in total. The number of rotatable bonds is 3. The molecule has 1 heterocycles. The van der Waals surface area contributed by atoms with E-state index in [-0.39, 0.29) is 11.1 Å². The first-order chi connectivity index (χ1) is 9.69. The van der Waals surface area contributed by atoms with Crippen molar-refractivity contribution in [3.63, 3.8) is 0 Å². The fourth-order valence-electron chi connectivity index (χ4n) is 2.60. The van der Waals surface area contributed by atoms with Crippen molar-refractivity contribution in [3.8, 4) is 5.75 Å². The number of ether oxygens (including phenoxy) is 1. The van der Waals surface area contributed by atoms with Crippen LogP contribution in [0.2, 0.25) is 5.02 Å². The Hall–Kier alpha value is -1.58. The summed E-state index contributed by atoms with van der Waals surface area (Å²) in [6.07, 6.45) is 0.934. The second-order valence-corrected chi connectivity index (χ2v) is 5.27. The molecule has 0 radical (unpaired) electrons. The fourth-order valence-corrected chi connectivity index (χ4v) is 2.79. The molecule has 1 N–H and O–H groups in total. The molecule has 2 aromatic rings. The summed E-state index contributed by atoms with van der Waals surface area (Å²) in [5.41, 5.74) is 3.29. The number of benzene rings is 2. The van der Waals surface area contributed by atoms with Crippen LogP contribution in [0.25, 0.3) is 0 Å². The standard InChI is InChI=1S/C16H15ClFNO/c1-19-16(12-2-4-14(18)13(17)9-12)11-3-5-15-10(8-11)6-7-20-15/h2-5,8-9,16,19H,6-7H2,1H3. The van der Waals surface area contributed by atoms with Crippen LogP contribution in [-0.2, 0) is 6.42 Å². The third kappa shape index (κ3) is 2.39. The molecule has 1 unspecified atom stereocenters. The number of nitrogens with one attached hydrogen (secondary N) is 1. The molecule has 1 aliphatic heterocycles. The predicted octanol–water partition coefficient (Wildman–Crippen LogP) is 3.72. The Morgan fingerprint density at radius 3 is 2.70 bits per heavy atom. The monoisotopic (exact) mass is 291 g/mol. The van der Waals surface area contributed by atoms with Crippen molar-refractivity contribution in [3.05, 3.63) is 63.9 Å². The van der Waals surface area contributed by atoms with Crippen molar-refractivity contribution in [2.45, 2.75) is 12.5 Å². The Morgan fingerprint density at radius 1 is 1.20 bits per heavy atom. The summed E-state index contributed by atoms with van der Waals surface area (Å²) in [4.78, 5) is 0. The Labute approximate surface area is 122 Å². The van der Waals surface area contributed by atoms with Crippen LogP contribution < -0.4 is 10.1 Å². The zero-order chi connectivity index (χ0) is 14.1. The Morgan fingerprint density at radius 2 is 1.95 bits per heavy atom. The summed E-state index contributed by atoms with van der Waals surface area (Å²) in [6.45, 7) is 0.741. The minimum atomic E-state index is -0.396. The van der Waals surface area contributed by atoms with Crippen LogP contribution in [0.1, 0.15) is 22.7 Å². The summed E-state index contributed by atoms with van der Waals surface area (Å²) in [5, 5.41) is 3.40. The van der Waals surface area contributed by atoms with Gasteiger partial charge < -0.3 is 10.1 Å². The molecule has 0 saturated carbocycles. The maximum atomic E-state index is 13.3. The van der Waals surface area contributed by atoms with Crippen LogP contribution in [0, 0.1) is 5.82 Å². The number of fused-ring (bicyclic) bond motifs is 1. The van der Waals surface area contributed by atoms with Gasteiger partial charge in [-0.2, -0.15) is 0 Å². The highest BCUT2D eigenvalue weighted by molar-refractivity contribution is 6.30. The van der Waals surface area contributed by atoms with Gasteiger partial charge in [0, 0.05) is 6.42 Å². The Bertz CT molecular complexity index is 644. The van der Waals surface area contributed by atoms with Crippen molar-refractivity contribution in [1.82, 2.24) is 5.32 Å². The Balaban J connectivity index is 1.98. The van der Waals surface area contributed by atoms with E-state index in [1.54, 1.807) is 12.1 Å². The molecular weight excluding hydrogens is 277 g/mol. The molecule has 0 saturated heterocycles. The molecule has 0 aromatic heterocycles. The van der Waals surface area contributed by atoms with Gasteiger partial charge in [-0.25, -0.2) is 4.39 Å². The highest BCUT2D eigenvalue weighted by Gasteiger charge is 2.18. The van der Waals surface area contributed by atoms with E-state index in [2.05, 4.69) is 11.4 Å². The minimum Gasteiger partial charge on any atom is -0.493 e. The van der Waals surface area contributed by atoms with Crippen LogP contribution >= 0.6 is 11.6 Å². The number of hydrogen-bond acceptors (Lipinski definition) is 2. The first kappa shape index (κ1) is 13.4. The van der Waals surface area contributed by atoms with Crippen LogP contribution in [0.5, 0.6) is 5.75 Å². The van der Waals surface area contributed by atoms with Gasteiger partial charge in [-0.15, -0.1) is 0 Å². The van der Waals surface area contributed by atoms with Gasteiger partial charge in [-0.3, -0.25) is 0 Å². The van der Waals surface area contributed by atoms with E-state index in [1.807, 2.05) is 19.2 Å². The molecule has 4 heteroatoms. The van der Waals surface area contributed by atoms with Crippen molar-refractivity contribution < 1.29 is 9.13 Å². The normalized spacial score (nSPS) is 14.8. The summed E-state index contributed by atoms with van der Waals surface area (Å²) in [5.74, 6) is 0.563. The van der Waals surface area contributed by atoms with Gasteiger partial charge in [-0.05, 0) is 41.9 Å². The van der Waals surface area contributed by atoms with E-state index in [1.165, 1.54) is 11.6 Å². The third-order valence-electron chi connectivity index (χ3n) is 3.61. The first-order valence-electron chi connectivity index (χ1n) is 6.57. The van der Waals surface area contributed by atoms with E-state index in [9.17, 15) is 4.39 Å². The smallest absolute Gasteiger partial charge is 0.141 e. The maximum Gasteiger partial charge on any atom is 0.141 e. The average molecular weight is 292 g/mol. The maximum absolute atomic E-state index is 13.3. The van der Waals surface area contributed by atoms with Crippen LogP contribution in [-0.4, -0.2) is 13.7 Å². The SMILES string of the molecule is CNC(c1ccc(F)c(Cl)c1)c1ccc2c(c1)CCO2. The first-order valence-corrected chi connectivity index (χ1v) is 6.94. The summed E-state index contributed by atoms with van der Waals surface area (Å²) in [7, 11) is 1.88. The van der Waals surface area contributed by atoms with Gasteiger partial charge in [0.1, 0.15) is 11.6 Å². The third-order valence-corrected chi connectivity index (χ3v) is 3.90. The molecule has 1 atom stereocenters. The van der Waals surface area contributed by atoms with Crippen LogP contribution in [0.3, 0.4) is 0 Å². The predicted molar refractivity (Wildman–Crippen MR) is 78.0 cm³/mol. The molecular formula is C16H15ClFNO. The van der Waals surface area contributed by atoms with E-state index in [0.717, 1.165) is 29.9 Å². The van der Waals surface area contributed by atoms with Gasteiger partial charge in [-0.1, -0.05) is 29.8 Å². The molecule has 0 bridgehead atoms. The van der Waals surface area contributed by atoms with Gasteiger partial charge in [0.2, 0.25) is 0 Å². The van der Waals surface area contributed by atoms with Crippen molar-refractivity contribution in [1.29, 1.82) is 0 Å². The number of halogens is 2. The highest BCUT2D eigenvalue weighted by atomic mass is 35.5. The van der Waals surface area contributed by atoms with Gasteiger partial charge in [0.25, 0.3) is 0 Å². The lowest BCUT2D eigenvalue weighted by Crippen LogP contribution is -2.17. The number of hydrogen-bond donors (Lipinski definition) is 1. The largest absolute Gasteiger partial charge is 0.493 e. The second kappa shape index (κ2) is 5.43. The van der Waals surface area contributed by atoms with Crippen molar-refractivity contribution in [2.24, 2.45) is 0 Å². The minimum absolute atomic E-state index is 0.0148. The molecule has 3 rings (SSSR count). The van der Waals surface area contributed by atoms with Gasteiger partial charge in [0.05, 0.1) is 17.7 Å². The van der Waals surface area contributed by atoms with Crippen molar-refractivity contribution in [2.75, 3.05) is 13.7 Å². The lowest BCUT2D eigenvalue weighted by Gasteiger charge is -2.18. The molecule has 1 aliphatic rings. The lowest BCUT2D eigenvalue weighted by atomic mass is 9.96. The van der Waals surface area contributed by atoms with Crippen LogP contribution in [0.4, 0.5) is 4.39 Å². The van der Waals surface area contributed by atoms with E-state index in [4.69, 9.17) is 16.3 Å². The van der Waals surface area contributed by atoms with E-state index < -0.39 is 5.82 Å². The topological polar surface area (TPSA) is 21.3 Å². The fraction of sp³-hybridized carbons (Fsp3) is 0.250. The lowest BCUT2D eigenvalue weighted by molar-refractivity contribution is 0.357. The molecule has 0 amide bonds. The molecule has 20 heavy (non-hydrogen) atoms. The quantitative estimate of drug-likeness (QED) is 0.930. The molecule has 104 valence electrons. The zero-order valence-corrected chi connectivity index (χ0v) is 11.9. The summed E-state index contributed by atoms with van der Waals surface area (Å²) < 4.78 is 18.8. The van der Waals surface area contributed by atoms with E-state index in [0.29, 0.717) is 0 Å². The van der Waals surface area contributed by atoms with Crippen LogP contribution in [0.15, 0.2) is 36.4 Å². The summed E-state index contributed by atoms with van der Waals surface area (Å²) in [6, 6.07) is 11.0. The van der Waals surface area contributed by atoms with Gasteiger partial charge >= 0.3 is 0 Å². The average Bonchev–Trinajstić information content (AvgIpc) is 2.91. The molecule has 2 aromatic carbocycles. The summed E-state index contributed by atoms with van der Waals surface area (Å²) >= 11 is 5.87. The molecule has 0 aliphatic carbocycles. The Kier molecular flexibility index (Phi) is 3.64. The van der Waals surface area contributed by atoms with Gasteiger partial charge in [0.15, 0.2) is 0 Å². The second-order valence-electron chi connectivity index (χ2n) is 4.86.